The number of amides is 5. The Kier molecular flexibility index (Phi) is 14.8. The summed E-state index contributed by atoms with van der Waals surface area (Å²) in [5.41, 5.74) is 4.03. The van der Waals surface area contributed by atoms with Gasteiger partial charge in [0.1, 0.15) is 19.8 Å². The number of carbonyl (C=O) groups is 5. The Bertz CT molecular complexity index is 2620. The molecule has 72 heavy (non-hydrogen) atoms. The van der Waals surface area contributed by atoms with Gasteiger partial charge in [-0.05, 0) is 98.0 Å². The molecule has 0 radical (unpaired) electrons. The van der Waals surface area contributed by atoms with Gasteiger partial charge in [0.25, 0.3) is 11.8 Å². The van der Waals surface area contributed by atoms with Crippen LogP contribution in [0.15, 0.2) is 80.0 Å². The van der Waals surface area contributed by atoms with Gasteiger partial charge in [0, 0.05) is 38.0 Å². The Morgan fingerprint density at radius 1 is 0.792 bits per heavy atom. The van der Waals surface area contributed by atoms with Crippen LogP contribution in [0.4, 0.5) is 21.0 Å². The standard InChI is InChI=1S/C54H63N5O13/c1-5-20-71-52(65)57-31-38-24-37(35-12-10-34(11-13-35)36-14-18-55(19-15-36)48(61)32-60)30-56(38)49(62)39-25-44(67-3)46(27-41(39)57)69-22-8-7-9-23-70-47-28-42-40(26-45(47)68-4)50(63)58-33-54(16-17-54)29-43(58)51(64)59(42)53(66)72-21-6-2/h5-6,10-13,25-28,30,36,38,43,51,60,64H,1-2,7-9,14-24,29,31-33H2,3-4H3/t38-,43-,51?/m0/s1. The van der Waals surface area contributed by atoms with E-state index in [9.17, 15) is 34.2 Å². The van der Waals surface area contributed by atoms with Gasteiger partial charge in [0.15, 0.2) is 29.2 Å². The number of methoxy groups -OCH3 is 2. The Balaban J connectivity index is 0.850. The zero-order valence-corrected chi connectivity index (χ0v) is 40.9. The number of rotatable bonds is 17. The van der Waals surface area contributed by atoms with E-state index in [0.717, 1.165) is 41.7 Å². The number of likely N-dealkylation sites (tertiary alicyclic amines) is 1. The van der Waals surface area contributed by atoms with Gasteiger partial charge in [-0.2, -0.15) is 0 Å². The average molecular weight is 990 g/mol. The number of anilines is 2. The maximum Gasteiger partial charge on any atom is 0.416 e. The summed E-state index contributed by atoms with van der Waals surface area (Å²) in [4.78, 5) is 75.4. The van der Waals surface area contributed by atoms with Crippen LogP contribution in [0.1, 0.15) is 95.5 Å². The minimum Gasteiger partial charge on any atom is -0.493 e. The second-order valence-corrected chi connectivity index (χ2v) is 19.3. The van der Waals surface area contributed by atoms with Gasteiger partial charge >= 0.3 is 12.2 Å². The van der Waals surface area contributed by atoms with Crippen LogP contribution < -0.4 is 28.7 Å². The molecule has 1 spiro atoms. The topological polar surface area (TPSA) is 197 Å². The monoisotopic (exact) mass is 989 g/mol. The molecule has 3 aromatic carbocycles. The smallest absolute Gasteiger partial charge is 0.416 e. The molecule has 3 aromatic rings. The number of aliphatic hydroxyl groups excluding tert-OH is 2. The quantitative estimate of drug-likeness (QED) is 0.105. The first kappa shape index (κ1) is 49.9. The van der Waals surface area contributed by atoms with Crippen LogP contribution in [0.2, 0.25) is 0 Å². The summed E-state index contributed by atoms with van der Waals surface area (Å²) < 4.78 is 34.9. The van der Waals surface area contributed by atoms with Crippen LogP contribution in [-0.4, -0.2) is 147 Å². The fourth-order valence-electron chi connectivity index (χ4n) is 10.8. The normalized spacial score (nSPS) is 20.9. The second-order valence-electron chi connectivity index (χ2n) is 19.3. The SMILES string of the molecule is C=CCOC(=O)N1C[C@@H]2CC(c3ccc(C4CCN(C(=O)CO)CC4)cc3)=CN2C(=O)c2cc(OC)c(OCCCCCOc3cc4c(cc3OC)C(=O)N3CC5(CC5)C[C@H]3C(O)N4C(=O)OCC=C)cc21. The number of hydrogen-bond acceptors (Lipinski definition) is 13. The van der Waals surface area contributed by atoms with E-state index >= 15 is 0 Å². The fourth-order valence-corrected chi connectivity index (χ4v) is 10.8. The van der Waals surface area contributed by atoms with Gasteiger partial charge in [0.2, 0.25) is 5.91 Å². The molecule has 3 fully saturated rings. The Labute approximate surface area is 418 Å². The highest BCUT2D eigenvalue weighted by atomic mass is 16.6. The number of carbonyl (C=O) groups excluding carboxylic acids is 5. The van der Waals surface area contributed by atoms with Crippen molar-refractivity contribution in [3.05, 3.63) is 102 Å². The highest BCUT2D eigenvalue weighted by molar-refractivity contribution is 6.07. The molecular formula is C54H63N5O13. The van der Waals surface area contributed by atoms with Crippen molar-refractivity contribution in [1.82, 2.24) is 14.7 Å². The van der Waals surface area contributed by atoms with Crippen LogP contribution in [0.3, 0.4) is 0 Å². The molecule has 9 rings (SSSR count). The van der Waals surface area contributed by atoms with E-state index in [1.165, 1.54) is 36.8 Å². The van der Waals surface area contributed by atoms with E-state index in [4.69, 9.17) is 28.4 Å². The summed E-state index contributed by atoms with van der Waals surface area (Å²) in [6, 6.07) is 13.7. The molecule has 1 aliphatic carbocycles. The lowest BCUT2D eigenvalue weighted by atomic mass is 9.88. The summed E-state index contributed by atoms with van der Waals surface area (Å²) in [5, 5.41) is 20.9. The van der Waals surface area contributed by atoms with Crippen molar-refractivity contribution >= 4 is 46.9 Å². The van der Waals surface area contributed by atoms with Crippen molar-refractivity contribution in [2.45, 2.75) is 82.0 Å². The van der Waals surface area contributed by atoms with Crippen molar-refractivity contribution in [2.75, 3.05) is 83.2 Å². The minimum atomic E-state index is -1.34. The highest BCUT2D eigenvalue weighted by Gasteiger charge is 2.58. The van der Waals surface area contributed by atoms with E-state index in [0.29, 0.717) is 86.3 Å². The zero-order chi connectivity index (χ0) is 50.7. The van der Waals surface area contributed by atoms with E-state index in [2.05, 4.69) is 37.4 Å². The minimum absolute atomic E-state index is 0.0201. The predicted octanol–water partition coefficient (Wildman–Crippen LogP) is 6.88. The van der Waals surface area contributed by atoms with Gasteiger partial charge in [0.05, 0.1) is 68.6 Å². The van der Waals surface area contributed by atoms with Gasteiger partial charge < -0.3 is 53.3 Å². The zero-order valence-electron chi connectivity index (χ0n) is 40.9. The Morgan fingerprint density at radius 2 is 1.40 bits per heavy atom. The average Bonchev–Trinajstić information content (AvgIpc) is 3.91. The Hall–Kier alpha value is -7.05. The molecule has 0 aromatic heterocycles. The van der Waals surface area contributed by atoms with Crippen molar-refractivity contribution in [3.8, 4) is 23.0 Å². The third kappa shape index (κ3) is 9.93. The molecular weight excluding hydrogens is 927 g/mol. The summed E-state index contributed by atoms with van der Waals surface area (Å²) in [6.45, 7) is 9.15. The third-order valence-electron chi connectivity index (χ3n) is 14.8. The number of benzene rings is 3. The lowest BCUT2D eigenvalue weighted by molar-refractivity contribution is -0.135. The molecule has 1 saturated carbocycles. The first-order chi connectivity index (χ1) is 34.9. The van der Waals surface area contributed by atoms with Crippen molar-refractivity contribution in [1.29, 1.82) is 0 Å². The number of fused-ring (bicyclic) bond motifs is 4. The first-order valence-electron chi connectivity index (χ1n) is 24.7. The van der Waals surface area contributed by atoms with Crippen molar-refractivity contribution in [3.63, 3.8) is 0 Å². The summed E-state index contributed by atoms with van der Waals surface area (Å²) >= 11 is 0. The molecule has 3 atom stereocenters. The highest BCUT2D eigenvalue weighted by Crippen LogP contribution is 2.57. The maximum atomic E-state index is 14.5. The molecule has 0 bridgehead atoms. The number of piperidine rings is 1. The number of ether oxygens (including phenoxy) is 6. The molecule has 382 valence electrons. The molecule has 18 nitrogen and oxygen atoms in total. The molecule has 18 heteroatoms. The van der Waals surface area contributed by atoms with E-state index < -0.39 is 31.1 Å². The van der Waals surface area contributed by atoms with Gasteiger partial charge in [-0.25, -0.2) is 14.5 Å². The largest absolute Gasteiger partial charge is 0.493 e. The molecule has 5 heterocycles. The van der Waals surface area contributed by atoms with Crippen molar-refractivity contribution < 1.29 is 62.6 Å². The Morgan fingerprint density at radius 3 is 2.00 bits per heavy atom. The van der Waals surface area contributed by atoms with Crippen molar-refractivity contribution in [2.24, 2.45) is 5.41 Å². The molecule has 1 unspecified atom stereocenters. The second kappa shape index (κ2) is 21.3. The lowest BCUT2D eigenvalue weighted by Crippen LogP contribution is -2.50. The van der Waals surface area contributed by atoms with Gasteiger partial charge in [-0.1, -0.05) is 49.6 Å². The summed E-state index contributed by atoms with van der Waals surface area (Å²) in [7, 11) is 2.97. The number of nitrogens with zero attached hydrogens (tertiary/aromatic N) is 5. The third-order valence-corrected chi connectivity index (χ3v) is 14.8. The molecule has 5 amide bonds. The maximum absolute atomic E-state index is 14.5. The van der Waals surface area contributed by atoms with Crippen LogP contribution >= 0.6 is 0 Å². The molecule has 5 aliphatic heterocycles. The fraction of sp³-hybridized carbons (Fsp3) is 0.463. The van der Waals surface area contributed by atoms with Gasteiger partial charge in [-0.15, -0.1) is 0 Å². The summed E-state index contributed by atoms with van der Waals surface area (Å²) in [5.74, 6) is 0.730. The molecule has 6 aliphatic rings. The number of unbranched alkanes of at least 4 members (excludes halogenated alkanes) is 2. The van der Waals surface area contributed by atoms with Crippen LogP contribution in [0.25, 0.3) is 5.57 Å². The van der Waals surface area contributed by atoms with Crippen LogP contribution in [0, 0.1) is 5.41 Å². The molecule has 2 N–H and O–H groups in total. The number of hydrogen-bond donors (Lipinski definition) is 2. The number of aliphatic hydroxyl groups is 2. The summed E-state index contributed by atoms with van der Waals surface area (Å²) in [6.07, 6.45) is 8.53. The predicted molar refractivity (Wildman–Crippen MR) is 265 cm³/mol. The van der Waals surface area contributed by atoms with Crippen LogP contribution in [0.5, 0.6) is 23.0 Å². The lowest BCUT2D eigenvalue weighted by Gasteiger charge is -2.32. The van der Waals surface area contributed by atoms with Crippen LogP contribution in [-0.2, 0) is 14.3 Å². The van der Waals surface area contributed by atoms with E-state index in [-0.39, 0.29) is 79.0 Å². The van der Waals surface area contributed by atoms with Gasteiger partial charge in [-0.3, -0.25) is 19.3 Å². The first-order valence-corrected chi connectivity index (χ1v) is 24.7. The van der Waals surface area contributed by atoms with E-state index in [1.54, 1.807) is 39.0 Å². The molecule has 2 saturated heterocycles. The van der Waals surface area contributed by atoms with E-state index in [1.807, 2.05) is 6.20 Å².